The number of methoxy groups -OCH3 is 1. The van der Waals surface area contributed by atoms with Crippen LogP contribution in [0.3, 0.4) is 0 Å². The van der Waals surface area contributed by atoms with Crippen LogP contribution in [0.5, 0.6) is 5.75 Å². The zero-order valence-electron chi connectivity index (χ0n) is 13.8. The smallest absolute Gasteiger partial charge is 0.305 e. The molecule has 1 heterocycles. The molecule has 0 radical (unpaired) electrons. The highest BCUT2D eigenvalue weighted by atomic mass is 16.5. The molecule has 1 saturated heterocycles. The minimum atomic E-state index is -0.824. The first-order chi connectivity index (χ1) is 10.8. The largest absolute Gasteiger partial charge is 0.497 e. The molecule has 0 unspecified atom stereocenters. The highest BCUT2D eigenvalue weighted by Gasteiger charge is 2.33. The van der Waals surface area contributed by atoms with Crippen LogP contribution in [0.1, 0.15) is 37.0 Å². The van der Waals surface area contributed by atoms with Crippen molar-refractivity contribution >= 4 is 11.8 Å². The molecule has 0 amide bonds. The van der Waals surface area contributed by atoms with E-state index in [1.165, 1.54) is 0 Å². The lowest BCUT2D eigenvalue weighted by Gasteiger charge is -2.21. The Morgan fingerprint density at radius 2 is 1.96 bits per heavy atom. The summed E-state index contributed by atoms with van der Waals surface area (Å²) in [5.74, 6) is -0.185. The van der Waals surface area contributed by atoms with Crippen molar-refractivity contribution in [3.63, 3.8) is 0 Å². The van der Waals surface area contributed by atoms with Gasteiger partial charge in [-0.15, -0.1) is 0 Å². The predicted octanol–water partition coefficient (Wildman–Crippen LogP) is 2.97. The number of rotatable bonds is 6. The lowest BCUT2D eigenvalue weighted by molar-refractivity contribution is -0.137. The first-order valence-corrected chi connectivity index (χ1v) is 7.66. The number of carboxylic acids is 1. The number of hydrogen-bond donors (Lipinski definition) is 1. The number of ether oxygens (including phenoxy) is 1. The fraction of sp³-hybridized carbons (Fsp3) is 0.444. The molecular formula is C18H23NO4. The molecule has 23 heavy (non-hydrogen) atoms. The quantitative estimate of drug-likeness (QED) is 0.645. The van der Waals surface area contributed by atoms with E-state index in [-0.39, 0.29) is 17.6 Å². The van der Waals surface area contributed by atoms with Gasteiger partial charge in [0.1, 0.15) is 5.75 Å². The van der Waals surface area contributed by atoms with E-state index < -0.39 is 5.97 Å². The Morgan fingerprint density at radius 3 is 2.52 bits per heavy atom. The molecule has 0 aromatic heterocycles. The number of allylic oxidation sites excluding steroid dienone is 2. The average molecular weight is 317 g/mol. The summed E-state index contributed by atoms with van der Waals surface area (Å²) in [5, 5.41) is 8.87. The number of ketones is 1. The Bertz CT molecular complexity index is 616. The van der Waals surface area contributed by atoms with Crippen molar-refractivity contribution in [1.29, 1.82) is 0 Å². The summed E-state index contributed by atoms with van der Waals surface area (Å²) in [5.41, 5.74) is 1.56. The van der Waals surface area contributed by atoms with Crippen molar-refractivity contribution in [3.05, 3.63) is 41.6 Å². The van der Waals surface area contributed by atoms with Crippen LogP contribution >= 0.6 is 0 Å². The number of carboxylic acid groups (broad SMARTS) is 1. The van der Waals surface area contributed by atoms with Crippen LogP contribution in [-0.4, -0.2) is 42.0 Å². The second-order valence-electron chi connectivity index (χ2n) is 6.63. The fourth-order valence-corrected chi connectivity index (χ4v) is 2.86. The van der Waals surface area contributed by atoms with E-state index in [4.69, 9.17) is 9.84 Å². The van der Waals surface area contributed by atoms with Crippen LogP contribution < -0.4 is 4.74 Å². The van der Waals surface area contributed by atoms with Gasteiger partial charge in [-0.3, -0.25) is 9.59 Å². The number of carbonyl (C=O) groups excluding carboxylic acids is 1. The summed E-state index contributed by atoms with van der Waals surface area (Å²) in [7, 11) is 1.58. The highest BCUT2D eigenvalue weighted by Crippen LogP contribution is 2.36. The summed E-state index contributed by atoms with van der Waals surface area (Å²) >= 11 is 0. The van der Waals surface area contributed by atoms with Crippen LogP contribution in [0, 0.1) is 5.41 Å². The van der Waals surface area contributed by atoms with E-state index in [0.29, 0.717) is 17.9 Å². The molecule has 124 valence electrons. The van der Waals surface area contributed by atoms with Crippen molar-refractivity contribution in [3.8, 4) is 5.75 Å². The van der Waals surface area contributed by atoms with E-state index in [9.17, 15) is 9.59 Å². The number of hydrogen-bond acceptors (Lipinski definition) is 4. The molecule has 1 N–H and O–H groups in total. The Labute approximate surface area is 136 Å². The Balaban J connectivity index is 2.16. The topological polar surface area (TPSA) is 66.8 Å². The fourth-order valence-electron chi connectivity index (χ4n) is 2.86. The van der Waals surface area contributed by atoms with Gasteiger partial charge < -0.3 is 14.7 Å². The van der Waals surface area contributed by atoms with E-state index >= 15 is 0 Å². The molecular weight excluding hydrogens is 294 g/mol. The zero-order valence-corrected chi connectivity index (χ0v) is 13.8. The first kappa shape index (κ1) is 17.1. The van der Waals surface area contributed by atoms with Gasteiger partial charge >= 0.3 is 5.97 Å². The van der Waals surface area contributed by atoms with Crippen LogP contribution in [0.15, 0.2) is 36.0 Å². The van der Waals surface area contributed by atoms with Crippen LogP contribution in [0.25, 0.3) is 0 Å². The molecule has 1 aliphatic rings. The monoisotopic (exact) mass is 317 g/mol. The summed E-state index contributed by atoms with van der Waals surface area (Å²) in [6.07, 6.45) is 2.48. The van der Waals surface area contributed by atoms with E-state index in [2.05, 4.69) is 13.8 Å². The third-order valence-corrected chi connectivity index (χ3v) is 3.95. The molecule has 5 nitrogen and oxygen atoms in total. The number of benzene rings is 1. The van der Waals surface area contributed by atoms with Crippen molar-refractivity contribution in [1.82, 2.24) is 4.90 Å². The van der Waals surface area contributed by atoms with Gasteiger partial charge in [0, 0.05) is 30.4 Å². The minimum Gasteiger partial charge on any atom is -0.497 e. The standard InChI is InChI=1S/C18H23NO4/c1-18(2)11-14(19(12-18)9-8-17(21)22)10-16(20)13-4-6-15(23-3)7-5-13/h4-7,10H,8-9,11-12H2,1-3H3,(H,21,22)/b14-10-. The minimum absolute atomic E-state index is 0.0462. The summed E-state index contributed by atoms with van der Waals surface area (Å²) in [6.45, 7) is 5.45. The van der Waals surface area contributed by atoms with Gasteiger partial charge in [-0.25, -0.2) is 0 Å². The normalized spacial score (nSPS) is 18.2. The summed E-state index contributed by atoms with van der Waals surface area (Å²) in [6, 6.07) is 6.98. The second-order valence-corrected chi connectivity index (χ2v) is 6.63. The molecule has 1 fully saturated rings. The van der Waals surface area contributed by atoms with E-state index in [0.717, 1.165) is 18.7 Å². The molecule has 2 rings (SSSR count). The SMILES string of the molecule is COc1ccc(C(=O)/C=C2/CC(C)(C)CN2CCC(=O)O)cc1. The first-order valence-electron chi connectivity index (χ1n) is 7.66. The molecule has 0 atom stereocenters. The van der Waals surface area contributed by atoms with Gasteiger partial charge in [0.25, 0.3) is 0 Å². The lowest BCUT2D eigenvalue weighted by Crippen LogP contribution is -2.25. The number of likely N-dealkylation sites (tertiary alicyclic amines) is 1. The maximum absolute atomic E-state index is 12.4. The van der Waals surface area contributed by atoms with Crippen molar-refractivity contribution in [2.45, 2.75) is 26.7 Å². The molecule has 5 heteroatoms. The molecule has 1 aliphatic heterocycles. The van der Waals surface area contributed by atoms with Gasteiger partial charge in [0.2, 0.25) is 0 Å². The van der Waals surface area contributed by atoms with E-state index in [1.807, 2.05) is 4.90 Å². The van der Waals surface area contributed by atoms with Crippen LogP contribution in [-0.2, 0) is 4.79 Å². The Kier molecular flexibility index (Phi) is 5.08. The van der Waals surface area contributed by atoms with Gasteiger partial charge in [-0.05, 0) is 36.1 Å². The summed E-state index contributed by atoms with van der Waals surface area (Å²) < 4.78 is 5.09. The Morgan fingerprint density at radius 1 is 1.30 bits per heavy atom. The number of nitrogens with zero attached hydrogens (tertiary/aromatic N) is 1. The molecule has 0 aliphatic carbocycles. The van der Waals surface area contributed by atoms with Crippen molar-refractivity contribution < 1.29 is 19.4 Å². The number of carbonyl (C=O) groups is 2. The molecule has 0 saturated carbocycles. The maximum Gasteiger partial charge on any atom is 0.305 e. The third kappa shape index (κ3) is 4.58. The Hall–Kier alpha value is -2.30. The summed E-state index contributed by atoms with van der Waals surface area (Å²) in [4.78, 5) is 25.2. The molecule has 0 spiro atoms. The van der Waals surface area contributed by atoms with Crippen LogP contribution in [0.4, 0.5) is 0 Å². The van der Waals surface area contributed by atoms with E-state index in [1.54, 1.807) is 37.5 Å². The third-order valence-electron chi connectivity index (χ3n) is 3.95. The van der Waals surface area contributed by atoms with Gasteiger partial charge in [0.15, 0.2) is 5.78 Å². The van der Waals surface area contributed by atoms with Gasteiger partial charge in [-0.2, -0.15) is 0 Å². The molecule has 1 aromatic carbocycles. The molecule has 0 bridgehead atoms. The second kappa shape index (κ2) is 6.86. The maximum atomic E-state index is 12.4. The van der Waals surface area contributed by atoms with Gasteiger partial charge in [0.05, 0.1) is 13.5 Å². The molecule has 1 aromatic rings. The number of aliphatic carboxylic acids is 1. The van der Waals surface area contributed by atoms with Crippen molar-refractivity contribution in [2.24, 2.45) is 5.41 Å². The average Bonchev–Trinajstić information content (AvgIpc) is 2.79. The van der Waals surface area contributed by atoms with Crippen LogP contribution in [0.2, 0.25) is 0 Å². The lowest BCUT2D eigenvalue weighted by atomic mass is 9.92. The van der Waals surface area contributed by atoms with Gasteiger partial charge in [-0.1, -0.05) is 13.8 Å². The highest BCUT2D eigenvalue weighted by molar-refractivity contribution is 6.05. The predicted molar refractivity (Wildman–Crippen MR) is 87.6 cm³/mol. The van der Waals surface area contributed by atoms with Crippen molar-refractivity contribution in [2.75, 3.05) is 20.2 Å². The zero-order chi connectivity index (χ0) is 17.0.